The molecule has 1 aromatic heterocycles. The number of carbonyl (C=O) groups is 2. The third-order valence-electron chi connectivity index (χ3n) is 5.21. The third kappa shape index (κ3) is 4.85. The molecule has 2 aromatic carbocycles. The second-order valence-electron chi connectivity index (χ2n) is 8.19. The second-order valence-corrected chi connectivity index (χ2v) is 10.1. The molecule has 0 spiro atoms. The molecule has 4 rings (SSSR count). The van der Waals surface area contributed by atoms with Crippen LogP contribution in [-0.4, -0.2) is 23.3 Å². The minimum Gasteiger partial charge on any atom is -0.307 e. The molecule has 0 atom stereocenters. The molecule has 0 unspecified atom stereocenters. The zero-order valence-corrected chi connectivity index (χ0v) is 20.8. The SMILES string of the molecule is CC(C)CN1C(=O)C(=C(C#N)C(=O)Nc2ncc(Cc3cc(Cl)ccc3Cl)s2)c2ccccc21. The summed E-state index contributed by atoms with van der Waals surface area (Å²) in [5, 5.41) is 14.0. The molecule has 0 bridgehead atoms. The van der Waals surface area contributed by atoms with E-state index in [9.17, 15) is 14.9 Å². The van der Waals surface area contributed by atoms with Gasteiger partial charge in [-0.15, -0.1) is 11.3 Å². The van der Waals surface area contributed by atoms with E-state index in [1.807, 2.05) is 32.0 Å². The Hall–Kier alpha value is -3.18. The van der Waals surface area contributed by atoms with Crippen LogP contribution in [0.3, 0.4) is 0 Å². The van der Waals surface area contributed by atoms with E-state index in [0.717, 1.165) is 10.4 Å². The first kappa shape index (κ1) is 24.0. The number of halogens is 2. The molecule has 0 fully saturated rings. The molecule has 9 heteroatoms. The van der Waals surface area contributed by atoms with Crippen LogP contribution < -0.4 is 10.2 Å². The van der Waals surface area contributed by atoms with E-state index in [-0.39, 0.29) is 23.0 Å². The van der Waals surface area contributed by atoms with Crippen LogP contribution in [0, 0.1) is 17.2 Å². The maximum Gasteiger partial charge on any atom is 0.268 e. The van der Waals surface area contributed by atoms with Gasteiger partial charge in [0.1, 0.15) is 11.6 Å². The summed E-state index contributed by atoms with van der Waals surface area (Å²) in [5.41, 5.74) is 1.99. The lowest BCUT2D eigenvalue weighted by Gasteiger charge is -2.19. The maximum atomic E-state index is 13.2. The molecular formula is C25H20Cl2N4O2S. The number of aromatic nitrogens is 1. The van der Waals surface area contributed by atoms with Gasteiger partial charge in [-0.05, 0) is 35.7 Å². The van der Waals surface area contributed by atoms with Gasteiger partial charge in [0.25, 0.3) is 11.8 Å². The van der Waals surface area contributed by atoms with Crippen LogP contribution in [0.1, 0.15) is 29.9 Å². The zero-order chi connectivity index (χ0) is 24.4. The number of nitrogens with zero attached hydrogens (tertiary/aromatic N) is 3. The number of hydrogen-bond acceptors (Lipinski definition) is 5. The van der Waals surface area contributed by atoms with Gasteiger partial charge in [-0.2, -0.15) is 5.26 Å². The number of rotatable bonds is 6. The maximum absolute atomic E-state index is 13.2. The van der Waals surface area contributed by atoms with Gasteiger partial charge in [0, 0.05) is 39.6 Å². The standard InChI is InChI=1S/C25H20Cl2N4O2S/c1-14(2)13-31-21-6-4-3-5-18(21)22(24(31)33)19(11-28)23(32)30-25-29-12-17(34-25)10-15-9-16(26)7-8-20(15)27/h3-9,12,14H,10,13H2,1-2H3,(H,29,30,32). The van der Waals surface area contributed by atoms with Gasteiger partial charge in [-0.3, -0.25) is 14.9 Å². The Kier molecular flexibility index (Phi) is 7.03. The lowest BCUT2D eigenvalue weighted by Crippen LogP contribution is -2.31. The largest absolute Gasteiger partial charge is 0.307 e. The van der Waals surface area contributed by atoms with Crippen LogP contribution in [-0.2, 0) is 16.0 Å². The van der Waals surface area contributed by atoms with Crippen molar-refractivity contribution in [1.29, 1.82) is 5.26 Å². The quantitative estimate of drug-likeness (QED) is 0.327. The van der Waals surface area contributed by atoms with E-state index in [1.54, 1.807) is 41.4 Å². The van der Waals surface area contributed by atoms with Gasteiger partial charge in [0.2, 0.25) is 0 Å². The van der Waals surface area contributed by atoms with Gasteiger partial charge < -0.3 is 4.90 Å². The molecule has 34 heavy (non-hydrogen) atoms. The Morgan fingerprint density at radius 2 is 2.00 bits per heavy atom. The predicted octanol–water partition coefficient (Wildman–Crippen LogP) is 5.96. The first-order chi connectivity index (χ1) is 16.3. The van der Waals surface area contributed by atoms with Crippen LogP contribution in [0.25, 0.3) is 5.57 Å². The average molecular weight is 511 g/mol. The van der Waals surface area contributed by atoms with Crippen molar-refractivity contribution in [3.63, 3.8) is 0 Å². The highest BCUT2D eigenvalue weighted by Gasteiger charge is 2.36. The fraction of sp³-hybridized carbons (Fsp3) is 0.200. The number of fused-ring (bicyclic) bond motifs is 1. The van der Waals surface area contributed by atoms with Crippen LogP contribution in [0.15, 0.2) is 54.2 Å². The van der Waals surface area contributed by atoms with Crippen molar-refractivity contribution >= 4 is 62.7 Å². The van der Waals surface area contributed by atoms with Crippen molar-refractivity contribution in [2.45, 2.75) is 20.3 Å². The van der Waals surface area contributed by atoms with Crippen LogP contribution in [0.2, 0.25) is 10.0 Å². The molecule has 1 aliphatic rings. The highest BCUT2D eigenvalue weighted by molar-refractivity contribution is 7.15. The van der Waals surface area contributed by atoms with Crippen molar-refractivity contribution < 1.29 is 9.59 Å². The summed E-state index contributed by atoms with van der Waals surface area (Å²) < 4.78 is 0. The highest BCUT2D eigenvalue weighted by atomic mass is 35.5. The summed E-state index contributed by atoms with van der Waals surface area (Å²) in [6.45, 7) is 4.50. The molecule has 2 heterocycles. The molecule has 2 amide bonds. The van der Waals surface area contributed by atoms with Gasteiger partial charge in [0.05, 0.1) is 11.3 Å². The predicted molar refractivity (Wildman–Crippen MR) is 136 cm³/mol. The van der Waals surface area contributed by atoms with Crippen molar-refractivity contribution in [2.24, 2.45) is 5.92 Å². The van der Waals surface area contributed by atoms with E-state index in [4.69, 9.17) is 23.2 Å². The van der Waals surface area contributed by atoms with Crippen molar-refractivity contribution in [3.8, 4) is 6.07 Å². The fourth-order valence-electron chi connectivity index (χ4n) is 3.76. The topological polar surface area (TPSA) is 86.1 Å². The fourth-order valence-corrected chi connectivity index (χ4v) is 4.97. The van der Waals surface area contributed by atoms with Crippen LogP contribution >= 0.6 is 34.5 Å². The van der Waals surface area contributed by atoms with Gasteiger partial charge >= 0.3 is 0 Å². The lowest BCUT2D eigenvalue weighted by atomic mass is 10.0. The molecule has 0 radical (unpaired) electrons. The molecule has 1 aliphatic heterocycles. The molecule has 172 valence electrons. The normalized spacial score (nSPS) is 14.2. The van der Waals surface area contributed by atoms with E-state index < -0.39 is 5.91 Å². The Morgan fingerprint density at radius 1 is 1.24 bits per heavy atom. The molecule has 1 N–H and O–H groups in total. The van der Waals surface area contributed by atoms with Crippen molar-refractivity contribution in [1.82, 2.24) is 4.98 Å². The van der Waals surface area contributed by atoms with E-state index in [1.165, 1.54) is 11.3 Å². The summed E-state index contributed by atoms with van der Waals surface area (Å²) in [7, 11) is 0. The summed E-state index contributed by atoms with van der Waals surface area (Å²) in [5.74, 6) is -0.803. The molecule has 0 saturated heterocycles. The first-order valence-electron chi connectivity index (χ1n) is 10.5. The van der Waals surface area contributed by atoms with Crippen molar-refractivity contribution in [3.05, 3.63) is 80.3 Å². The number of hydrogen-bond donors (Lipinski definition) is 1. The zero-order valence-electron chi connectivity index (χ0n) is 18.4. The number of benzene rings is 2. The number of nitriles is 1. The second kappa shape index (κ2) is 9.98. The number of thiazole rings is 1. The van der Waals surface area contributed by atoms with E-state index in [2.05, 4.69) is 10.3 Å². The van der Waals surface area contributed by atoms with Crippen molar-refractivity contribution in [2.75, 3.05) is 16.8 Å². The molecule has 0 saturated carbocycles. The summed E-state index contributed by atoms with van der Waals surface area (Å²) in [6, 6.07) is 14.4. The Labute approximate surface area is 211 Å². The smallest absolute Gasteiger partial charge is 0.268 e. The Bertz CT molecular complexity index is 1360. The number of anilines is 2. The van der Waals surface area contributed by atoms with E-state index >= 15 is 0 Å². The number of carbonyl (C=O) groups excluding carboxylic acids is 2. The van der Waals surface area contributed by atoms with Crippen LogP contribution in [0.4, 0.5) is 10.8 Å². The van der Waals surface area contributed by atoms with Gasteiger partial charge in [-0.1, -0.05) is 55.2 Å². The summed E-state index contributed by atoms with van der Waals surface area (Å²) >= 11 is 13.6. The average Bonchev–Trinajstić information content (AvgIpc) is 3.34. The first-order valence-corrected chi connectivity index (χ1v) is 12.1. The minimum atomic E-state index is -0.672. The summed E-state index contributed by atoms with van der Waals surface area (Å²) in [6.07, 6.45) is 2.13. The third-order valence-corrected chi connectivity index (χ3v) is 6.72. The van der Waals surface area contributed by atoms with Gasteiger partial charge in [0.15, 0.2) is 5.13 Å². The van der Waals surface area contributed by atoms with Crippen LogP contribution in [0.5, 0.6) is 0 Å². The highest BCUT2D eigenvalue weighted by Crippen LogP contribution is 2.39. The molecule has 3 aromatic rings. The number of nitrogens with one attached hydrogen (secondary N) is 1. The number of amides is 2. The monoisotopic (exact) mass is 510 g/mol. The molecular weight excluding hydrogens is 491 g/mol. The Morgan fingerprint density at radius 3 is 2.74 bits per heavy atom. The number of para-hydroxylation sites is 1. The molecule has 0 aliphatic carbocycles. The Balaban J connectivity index is 1.60. The van der Waals surface area contributed by atoms with E-state index in [0.29, 0.717) is 39.4 Å². The van der Waals surface area contributed by atoms with Gasteiger partial charge in [-0.25, -0.2) is 4.98 Å². The molecule has 6 nitrogen and oxygen atoms in total. The lowest BCUT2D eigenvalue weighted by molar-refractivity contribution is -0.114. The summed E-state index contributed by atoms with van der Waals surface area (Å²) in [4.78, 5) is 33.0. The minimum absolute atomic E-state index is 0.110.